The van der Waals surface area contributed by atoms with Crippen molar-refractivity contribution in [2.45, 2.75) is 20.8 Å². The molecule has 1 nitrogen and oxygen atoms in total. The number of pyridine rings is 1. The quantitative estimate of drug-likeness (QED) is 0.303. The molecule has 0 amide bonds. The first kappa shape index (κ1) is 18.8. The minimum absolute atomic E-state index is 1.06. The topological polar surface area (TPSA) is 12.9 Å². The Morgan fingerprint density at radius 2 is 0.964 bits per heavy atom. The third kappa shape index (κ3) is 3.35. The molecule has 0 spiro atoms. The van der Waals surface area contributed by atoms with E-state index in [-0.39, 0.29) is 0 Å². The van der Waals surface area contributed by atoms with Gasteiger partial charge in [-0.1, -0.05) is 0 Å². The van der Waals surface area contributed by atoms with Crippen molar-refractivity contribution in [1.82, 2.24) is 4.98 Å². The van der Waals surface area contributed by atoms with E-state index in [2.05, 4.69) is 112 Å². The van der Waals surface area contributed by atoms with Crippen molar-refractivity contribution < 1.29 is 18.9 Å². The van der Waals surface area contributed by atoms with E-state index in [1.165, 1.54) is 50.1 Å². The van der Waals surface area contributed by atoms with Crippen LogP contribution in [0, 0.1) is 20.8 Å². The number of rotatable bonds is 3. The van der Waals surface area contributed by atoms with Gasteiger partial charge in [0.2, 0.25) is 0 Å². The first-order chi connectivity index (χ1) is 13.6. The van der Waals surface area contributed by atoms with Crippen molar-refractivity contribution in [2.75, 3.05) is 0 Å². The third-order valence-corrected chi connectivity index (χ3v) is 6.19. The Labute approximate surface area is 177 Å². The third-order valence-electron chi connectivity index (χ3n) is 5.28. The predicted molar refractivity (Wildman–Crippen MR) is 114 cm³/mol. The molecule has 0 unspecified atom stereocenters. The second-order valence-electron chi connectivity index (χ2n) is 7.14. The first-order valence-electron chi connectivity index (χ1n) is 9.42. The summed E-state index contributed by atoms with van der Waals surface area (Å²) in [5, 5.41) is 0. The van der Waals surface area contributed by atoms with Gasteiger partial charge in [-0.2, -0.15) is 0 Å². The molecule has 0 aliphatic carbocycles. The van der Waals surface area contributed by atoms with Gasteiger partial charge in [0.15, 0.2) is 0 Å². The maximum absolute atomic E-state index is 4.83. The summed E-state index contributed by atoms with van der Waals surface area (Å²) in [6, 6.07) is 25.8. The number of hydrogen-bond acceptors (Lipinski definition) is 1. The van der Waals surface area contributed by atoms with E-state index < -0.39 is 0 Å². The van der Waals surface area contributed by atoms with Crippen LogP contribution in [0.5, 0.6) is 0 Å². The molecule has 0 fully saturated rings. The predicted octanol–water partition coefficient (Wildman–Crippen LogP) is 6.18. The molecule has 4 rings (SSSR count). The van der Waals surface area contributed by atoms with Gasteiger partial charge in [-0.3, -0.25) is 0 Å². The van der Waals surface area contributed by atoms with Crippen molar-refractivity contribution >= 4 is 4.21 Å². The van der Waals surface area contributed by atoms with Crippen LogP contribution in [0.15, 0.2) is 79.0 Å². The standard InChI is InChI=1S/C26H22N.Ir/c1-18-10-4-7-13-21(18)24-16-27-17-25(22-14-8-5-11-19(22)2)26(24)23-15-9-6-12-20(23)3;/h4-16H,1-3H3;. The van der Waals surface area contributed by atoms with Crippen molar-refractivity contribution in [3.8, 4) is 33.4 Å². The normalized spacial score (nSPS) is 10.9. The average Bonchev–Trinajstić information content (AvgIpc) is 2.70. The summed E-state index contributed by atoms with van der Waals surface area (Å²) < 4.78 is 1.06. The molecular weight excluding hydrogens is 519 g/mol. The van der Waals surface area contributed by atoms with E-state index in [9.17, 15) is 0 Å². The van der Waals surface area contributed by atoms with Crippen LogP contribution in [0.1, 0.15) is 16.7 Å². The van der Waals surface area contributed by atoms with Crippen molar-refractivity contribution in [3.05, 3.63) is 95.7 Å². The summed E-state index contributed by atoms with van der Waals surface area (Å²) in [6.45, 7) is 6.54. The number of nitrogens with zero attached hydrogens (tertiary/aromatic N) is 1. The van der Waals surface area contributed by atoms with Crippen LogP contribution in [0.4, 0.5) is 0 Å². The Hall–Kier alpha value is -2.54. The summed E-state index contributed by atoms with van der Waals surface area (Å²) in [4.78, 5) is 4.83. The number of hydrogen-bond donors (Lipinski definition) is 0. The Kier molecular flexibility index (Phi) is 5.26. The molecule has 0 radical (unpaired) electrons. The molecule has 0 saturated heterocycles. The Morgan fingerprint density at radius 1 is 0.536 bits per heavy atom. The maximum atomic E-state index is 4.83. The summed E-state index contributed by atoms with van der Waals surface area (Å²) in [5.41, 5.74) is 11.3. The second kappa shape index (κ2) is 7.83. The molecule has 1 heterocycles. The van der Waals surface area contributed by atoms with Crippen LogP contribution in [-0.2, 0) is 18.9 Å². The monoisotopic (exact) mass is 541 g/mol. The molecular formula is C26H22IrN. The van der Waals surface area contributed by atoms with Gasteiger partial charge in [-0.05, 0) is 0 Å². The molecule has 0 bridgehead atoms. The number of aromatic nitrogens is 1. The van der Waals surface area contributed by atoms with Crippen LogP contribution in [0.25, 0.3) is 33.4 Å². The van der Waals surface area contributed by atoms with Gasteiger partial charge in [0.25, 0.3) is 0 Å². The number of benzene rings is 3. The summed E-state index contributed by atoms with van der Waals surface area (Å²) in [6.07, 6.45) is 2.04. The summed E-state index contributed by atoms with van der Waals surface area (Å²) in [7, 11) is 0. The zero-order valence-corrected chi connectivity index (χ0v) is 18.7. The van der Waals surface area contributed by atoms with Crippen molar-refractivity contribution in [3.63, 3.8) is 0 Å². The SMILES string of the molecule is Cc1ccccc1-c1cn[c]([Ir])c(-c2ccccc2C)c1-c1ccccc1C. The van der Waals surface area contributed by atoms with Gasteiger partial charge >= 0.3 is 178 Å². The molecule has 0 aliphatic rings. The second-order valence-corrected chi connectivity index (χ2v) is 8.27. The van der Waals surface area contributed by atoms with Crippen LogP contribution in [-0.4, -0.2) is 4.98 Å². The van der Waals surface area contributed by atoms with E-state index >= 15 is 0 Å². The zero-order valence-electron chi connectivity index (χ0n) is 16.3. The van der Waals surface area contributed by atoms with E-state index in [1.54, 1.807) is 0 Å². The van der Waals surface area contributed by atoms with Gasteiger partial charge in [-0.15, -0.1) is 0 Å². The molecule has 0 aliphatic heterocycles. The van der Waals surface area contributed by atoms with Gasteiger partial charge in [0.05, 0.1) is 0 Å². The summed E-state index contributed by atoms with van der Waals surface area (Å²) >= 11 is 2.12. The van der Waals surface area contributed by atoms with Crippen molar-refractivity contribution in [2.24, 2.45) is 0 Å². The van der Waals surface area contributed by atoms with E-state index in [4.69, 9.17) is 4.98 Å². The van der Waals surface area contributed by atoms with Crippen LogP contribution in [0.2, 0.25) is 0 Å². The van der Waals surface area contributed by atoms with Crippen LogP contribution < -0.4 is 4.21 Å². The number of aryl methyl sites for hydroxylation is 3. The average molecular weight is 541 g/mol. The van der Waals surface area contributed by atoms with Gasteiger partial charge in [0.1, 0.15) is 0 Å². The molecule has 0 saturated carbocycles. The molecule has 1 aromatic heterocycles. The fourth-order valence-electron chi connectivity index (χ4n) is 3.79. The van der Waals surface area contributed by atoms with Gasteiger partial charge in [-0.25, -0.2) is 0 Å². The van der Waals surface area contributed by atoms with Crippen LogP contribution >= 0.6 is 0 Å². The molecule has 3 aromatic carbocycles. The van der Waals surface area contributed by atoms with Gasteiger partial charge in [0, 0.05) is 0 Å². The Morgan fingerprint density at radius 3 is 1.46 bits per heavy atom. The molecule has 140 valence electrons. The fourth-order valence-corrected chi connectivity index (χ4v) is 4.56. The molecule has 0 N–H and O–H groups in total. The van der Waals surface area contributed by atoms with Crippen LogP contribution in [0.3, 0.4) is 0 Å². The van der Waals surface area contributed by atoms with E-state index in [0.717, 1.165) is 4.21 Å². The molecule has 28 heavy (non-hydrogen) atoms. The van der Waals surface area contributed by atoms with E-state index in [1.807, 2.05) is 6.20 Å². The molecule has 2 heteroatoms. The summed E-state index contributed by atoms with van der Waals surface area (Å²) in [5.74, 6) is 0. The van der Waals surface area contributed by atoms with Crippen molar-refractivity contribution in [1.29, 1.82) is 0 Å². The fraction of sp³-hybridized carbons (Fsp3) is 0.115. The first-order valence-corrected chi connectivity index (χ1v) is 10.6. The zero-order chi connectivity index (χ0) is 19.7. The minimum atomic E-state index is 1.06. The van der Waals surface area contributed by atoms with Gasteiger partial charge < -0.3 is 0 Å². The van der Waals surface area contributed by atoms with E-state index in [0.29, 0.717) is 0 Å². The Balaban J connectivity index is 2.16. The molecule has 0 atom stereocenters. The molecule has 4 aromatic rings. The Bertz CT molecular complexity index is 1160.